The van der Waals surface area contributed by atoms with Gasteiger partial charge in [0.15, 0.2) is 0 Å². The fourth-order valence-corrected chi connectivity index (χ4v) is 4.57. The largest absolute Gasteiger partial charge is 0.381 e. The highest BCUT2D eigenvalue weighted by Crippen LogP contribution is 2.30. The lowest BCUT2D eigenvalue weighted by Gasteiger charge is -2.35. The number of hydrogen-bond acceptors (Lipinski definition) is 6. The molecule has 2 amide bonds. The molecule has 2 fully saturated rings. The van der Waals surface area contributed by atoms with Gasteiger partial charge in [-0.2, -0.15) is 10.2 Å². The number of rotatable bonds is 5. The molecule has 0 spiro atoms. The SMILES string of the molecule is CC(C)(O)C(=O)N1CCC(c2ccc(NC(=O)[C@H]3CCN(c4ccnnc4)C3)cc2)CC1. The Morgan fingerprint density at radius 2 is 1.75 bits per heavy atom. The maximum Gasteiger partial charge on any atom is 0.253 e. The number of aromatic nitrogens is 2. The predicted octanol–water partition coefficient (Wildman–Crippen LogP) is 2.42. The molecule has 8 heteroatoms. The van der Waals surface area contributed by atoms with Crippen molar-refractivity contribution in [2.75, 3.05) is 36.4 Å². The summed E-state index contributed by atoms with van der Waals surface area (Å²) in [5, 5.41) is 20.7. The summed E-state index contributed by atoms with van der Waals surface area (Å²) in [6, 6.07) is 9.97. The monoisotopic (exact) mass is 437 g/mol. The van der Waals surface area contributed by atoms with Gasteiger partial charge in [-0.25, -0.2) is 0 Å². The number of likely N-dealkylation sites (tertiary alicyclic amines) is 1. The zero-order valence-corrected chi connectivity index (χ0v) is 18.7. The minimum atomic E-state index is -1.32. The van der Waals surface area contributed by atoms with Gasteiger partial charge in [-0.15, -0.1) is 0 Å². The molecule has 2 N–H and O–H groups in total. The molecule has 3 heterocycles. The average molecular weight is 438 g/mol. The lowest BCUT2D eigenvalue weighted by molar-refractivity contribution is -0.148. The van der Waals surface area contributed by atoms with E-state index in [-0.39, 0.29) is 17.7 Å². The normalized spacial score (nSPS) is 19.8. The lowest BCUT2D eigenvalue weighted by atomic mass is 9.88. The predicted molar refractivity (Wildman–Crippen MR) is 122 cm³/mol. The van der Waals surface area contributed by atoms with Crippen molar-refractivity contribution in [3.63, 3.8) is 0 Å². The third-order valence-corrected chi connectivity index (χ3v) is 6.45. The van der Waals surface area contributed by atoms with Crippen molar-refractivity contribution in [3.05, 3.63) is 48.3 Å². The molecule has 32 heavy (non-hydrogen) atoms. The van der Waals surface area contributed by atoms with Crippen LogP contribution in [-0.2, 0) is 9.59 Å². The van der Waals surface area contributed by atoms with Gasteiger partial charge >= 0.3 is 0 Å². The first-order chi connectivity index (χ1) is 15.3. The van der Waals surface area contributed by atoms with E-state index in [9.17, 15) is 14.7 Å². The van der Waals surface area contributed by atoms with Crippen molar-refractivity contribution in [3.8, 4) is 0 Å². The maximum atomic E-state index is 12.7. The van der Waals surface area contributed by atoms with E-state index in [1.54, 1.807) is 17.3 Å². The number of amides is 2. The van der Waals surface area contributed by atoms with E-state index in [1.807, 2.05) is 18.2 Å². The fourth-order valence-electron chi connectivity index (χ4n) is 4.57. The van der Waals surface area contributed by atoms with E-state index < -0.39 is 5.60 Å². The number of anilines is 2. The molecule has 8 nitrogen and oxygen atoms in total. The molecule has 2 aliphatic rings. The highest BCUT2D eigenvalue weighted by molar-refractivity contribution is 5.93. The first kappa shape index (κ1) is 22.2. The van der Waals surface area contributed by atoms with Gasteiger partial charge in [-0.05, 0) is 62.8 Å². The molecule has 0 bridgehead atoms. The summed E-state index contributed by atoms with van der Waals surface area (Å²) in [5.74, 6) is 0.156. The Morgan fingerprint density at radius 1 is 1.03 bits per heavy atom. The summed E-state index contributed by atoms with van der Waals surface area (Å²) in [7, 11) is 0. The van der Waals surface area contributed by atoms with Gasteiger partial charge in [-0.1, -0.05) is 12.1 Å². The molecule has 0 saturated carbocycles. The van der Waals surface area contributed by atoms with E-state index in [2.05, 4.69) is 32.5 Å². The minimum absolute atomic E-state index is 0.0423. The molecule has 1 aromatic heterocycles. The molecule has 0 unspecified atom stereocenters. The lowest BCUT2D eigenvalue weighted by Crippen LogP contribution is -2.48. The van der Waals surface area contributed by atoms with Crippen LogP contribution in [0.4, 0.5) is 11.4 Å². The van der Waals surface area contributed by atoms with Crippen molar-refractivity contribution in [2.45, 2.75) is 44.6 Å². The highest BCUT2D eigenvalue weighted by atomic mass is 16.3. The van der Waals surface area contributed by atoms with Crippen LogP contribution in [0.1, 0.15) is 44.6 Å². The van der Waals surface area contributed by atoms with Gasteiger partial charge in [-0.3, -0.25) is 9.59 Å². The molecular formula is C24H31N5O3. The standard InChI is InChI=1S/C24H31N5O3/c1-24(2,32)23(31)28-12-8-18(9-13-28)17-3-5-20(6-4-17)27-22(30)19-10-14-29(16-19)21-7-11-25-26-15-21/h3-7,11,15,18-19,32H,8-10,12-14,16H2,1-2H3,(H,27,30)/t19-/m0/s1. The number of nitrogens with zero attached hydrogens (tertiary/aromatic N) is 4. The van der Waals surface area contributed by atoms with Crippen LogP contribution in [0.25, 0.3) is 0 Å². The van der Waals surface area contributed by atoms with Crippen LogP contribution < -0.4 is 10.2 Å². The summed E-state index contributed by atoms with van der Waals surface area (Å²) in [4.78, 5) is 28.9. The number of aliphatic hydroxyl groups is 1. The zero-order chi connectivity index (χ0) is 22.7. The number of nitrogens with one attached hydrogen (secondary N) is 1. The summed E-state index contributed by atoms with van der Waals surface area (Å²) in [6.07, 6.45) is 5.95. The van der Waals surface area contributed by atoms with Crippen molar-refractivity contribution < 1.29 is 14.7 Å². The second-order valence-corrected chi connectivity index (χ2v) is 9.27. The van der Waals surface area contributed by atoms with E-state index >= 15 is 0 Å². The Morgan fingerprint density at radius 3 is 2.38 bits per heavy atom. The second-order valence-electron chi connectivity index (χ2n) is 9.27. The van der Waals surface area contributed by atoms with Crippen molar-refractivity contribution in [1.82, 2.24) is 15.1 Å². The Bertz CT molecular complexity index is 934. The van der Waals surface area contributed by atoms with Crippen LogP contribution in [-0.4, -0.2) is 63.8 Å². The first-order valence-electron chi connectivity index (χ1n) is 11.3. The molecule has 2 aliphatic heterocycles. The molecule has 4 rings (SSSR count). The van der Waals surface area contributed by atoms with Crippen LogP contribution in [0.2, 0.25) is 0 Å². The maximum absolute atomic E-state index is 12.7. The number of hydrogen-bond donors (Lipinski definition) is 2. The van der Waals surface area contributed by atoms with Gasteiger partial charge in [0.1, 0.15) is 5.60 Å². The molecule has 0 radical (unpaired) electrons. The van der Waals surface area contributed by atoms with Crippen molar-refractivity contribution >= 4 is 23.2 Å². The van der Waals surface area contributed by atoms with Gasteiger partial charge < -0.3 is 20.2 Å². The summed E-state index contributed by atoms with van der Waals surface area (Å²) < 4.78 is 0. The molecular weight excluding hydrogens is 406 g/mol. The van der Waals surface area contributed by atoms with Gasteiger partial charge in [0.05, 0.1) is 24.0 Å². The average Bonchev–Trinajstić information content (AvgIpc) is 3.30. The number of benzene rings is 1. The fraction of sp³-hybridized carbons (Fsp3) is 0.500. The molecule has 1 atom stereocenters. The van der Waals surface area contributed by atoms with Crippen molar-refractivity contribution in [2.24, 2.45) is 5.92 Å². The van der Waals surface area contributed by atoms with E-state index in [4.69, 9.17) is 0 Å². The van der Waals surface area contributed by atoms with Crippen LogP contribution in [0.3, 0.4) is 0 Å². The van der Waals surface area contributed by atoms with Gasteiger partial charge in [0, 0.05) is 31.9 Å². The topological polar surface area (TPSA) is 98.7 Å². The Kier molecular flexibility index (Phi) is 6.41. The Labute approximate surface area is 188 Å². The molecule has 1 aromatic carbocycles. The van der Waals surface area contributed by atoms with Crippen LogP contribution in [0.15, 0.2) is 42.7 Å². The van der Waals surface area contributed by atoms with E-state index in [0.717, 1.165) is 37.2 Å². The van der Waals surface area contributed by atoms with E-state index in [1.165, 1.54) is 19.4 Å². The minimum Gasteiger partial charge on any atom is -0.381 e. The van der Waals surface area contributed by atoms with Crippen LogP contribution in [0, 0.1) is 5.92 Å². The zero-order valence-electron chi connectivity index (χ0n) is 18.7. The smallest absolute Gasteiger partial charge is 0.253 e. The van der Waals surface area contributed by atoms with E-state index in [0.29, 0.717) is 25.6 Å². The third-order valence-electron chi connectivity index (χ3n) is 6.45. The molecule has 2 saturated heterocycles. The molecule has 170 valence electrons. The van der Waals surface area contributed by atoms with Gasteiger partial charge in [0.25, 0.3) is 5.91 Å². The highest BCUT2D eigenvalue weighted by Gasteiger charge is 2.32. The number of carbonyl (C=O) groups excluding carboxylic acids is 2. The third kappa shape index (κ3) is 5.07. The summed E-state index contributed by atoms with van der Waals surface area (Å²) in [6.45, 7) is 5.88. The second kappa shape index (κ2) is 9.24. The van der Waals surface area contributed by atoms with Crippen LogP contribution >= 0.6 is 0 Å². The summed E-state index contributed by atoms with van der Waals surface area (Å²) in [5.41, 5.74) is 1.70. The summed E-state index contributed by atoms with van der Waals surface area (Å²) >= 11 is 0. The quantitative estimate of drug-likeness (QED) is 0.745. The number of carbonyl (C=O) groups is 2. The van der Waals surface area contributed by atoms with Gasteiger partial charge in [0.2, 0.25) is 5.91 Å². The first-order valence-corrected chi connectivity index (χ1v) is 11.3. The Hall–Kier alpha value is -3.00. The number of piperidine rings is 1. The Balaban J connectivity index is 1.28. The molecule has 0 aliphatic carbocycles. The van der Waals surface area contributed by atoms with Crippen LogP contribution in [0.5, 0.6) is 0 Å². The molecule has 2 aromatic rings. The van der Waals surface area contributed by atoms with Crippen molar-refractivity contribution in [1.29, 1.82) is 0 Å².